The molecule has 0 radical (unpaired) electrons. The summed E-state index contributed by atoms with van der Waals surface area (Å²) in [4.78, 5) is 28.7. The van der Waals surface area contributed by atoms with Crippen LogP contribution in [0.1, 0.15) is 15.9 Å². The fourth-order valence-corrected chi connectivity index (χ4v) is 2.96. The van der Waals surface area contributed by atoms with E-state index in [1.165, 1.54) is 6.20 Å². The van der Waals surface area contributed by atoms with Gasteiger partial charge in [-0.15, -0.1) is 0 Å². The quantitative estimate of drug-likeness (QED) is 0.557. The summed E-state index contributed by atoms with van der Waals surface area (Å²) in [7, 11) is 1.71. The second-order valence-electron chi connectivity index (χ2n) is 6.36. The van der Waals surface area contributed by atoms with Crippen LogP contribution < -0.4 is 11.1 Å². The number of nitrogens with one attached hydrogen (secondary N) is 1. The van der Waals surface area contributed by atoms with Crippen molar-refractivity contribution in [3.63, 3.8) is 0 Å². The lowest BCUT2D eigenvalue weighted by molar-refractivity contribution is -0.127. The van der Waals surface area contributed by atoms with E-state index in [-0.39, 0.29) is 12.0 Å². The molecule has 0 aliphatic heterocycles. The number of carbonyl (C=O) groups is 2. The molecule has 1 aromatic carbocycles. The molecule has 0 aliphatic carbocycles. The number of hydrogen-bond acceptors (Lipinski definition) is 5. The first kappa shape index (κ1) is 19.2. The monoisotopic (exact) mass is 379 g/mol. The number of hydrogen-bond donors (Lipinski definition) is 3. The molecule has 2 aromatic heterocycles. The van der Waals surface area contributed by atoms with Crippen LogP contribution in [-0.4, -0.2) is 43.8 Å². The number of nitrogens with zero attached hydrogens (tertiary/aromatic N) is 3. The molecule has 28 heavy (non-hydrogen) atoms. The van der Waals surface area contributed by atoms with E-state index in [0.29, 0.717) is 11.4 Å². The minimum Gasteiger partial charge on any atom is -0.381 e. The van der Waals surface area contributed by atoms with Crippen molar-refractivity contribution in [2.24, 2.45) is 12.8 Å². The molecule has 0 bridgehead atoms. The number of carbonyl (C=O) groups excluding carboxylic acids is 2. The van der Waals surface area contributed by atoms with Gasteiger partial charge in [0.15, 0.2) is 6.10 Å². The first-order chi connectivity index (χ1) is 13.5. The van der Waals surface area contributed by atoms with E-state index in [4.69, 9.17) is 5.73 Å². The van der Waals surface area contributed by atoms with Gasteiger partial charge in [0, 0.05) is 13.2 Å². The summed E-state index contributed by atoms with van der Waals surface area (Å²) in [6, 6.07) is 13.7. The van der Waals surface area contributed by atoms with Gasteiger partial charge in [0.25, 0.3) is 5.91 Å². The van der Waals surface area contributed by atoms with Crippen molar-refractivity contribution in [2.45, 2.75) is 18.6 Å². The van der Waals surface area contributed by atoms with Crippen LogP contribution in [0.15, 0.2) is 60.9 Å². The Kier molecular flexibility index (Phi) is 5.81. The van der Waals surface area contributed by atoms with Crippen LogP contribution in [0.2, 0.25) is 0 Å². The smallest absolute Gasteiger partial charge is 0.255 e. The Morgan fingerprint density at radius 2 is 1.89 bits per heavy atom. The normalized spacial score (nSPS) is 12.9. The highest BCUT2D eigenvalue weighted by Gasteiger charge is 2.28. The maximum Gasteiger partial charge on any atom is 0.255 e. The van der Waals surface area contributed by atoms with E-state index < -0.39 is 24.0 Å². The van der Waals surface area contributed by atoms with Gasteiger partial charge < -0.3 is 16.2 Å². The molecule has 3 rings (SSSR count). The van der Waals surface area contributed by atoms with Gasteiger partial charge in [-0.1, -0.05) is 36.4 Å². The third kappa shape index (κ3) is 4.24. The average Bonchev–Trinajstić information content (AvgIpc) is 3.09. The Hall–Kier alpha value is -3.52. The van der Waals surface area contributed by atoms with E-state index in [0.717, 1.165) is 5.56 Å². The molecule has 0 fully saturated rings. The zero-order valence-corrected chi connectivity index (χ0v) is 15.3. The summed E-state index contributed by atoms with van der Waals surface area (Å²) in [5.41, 5.74) is 7.52. The van der Waals surface area contributed by atoms with Gasteiger partial charge in [0.1, 0.15) is 0 Å². The lowest BCUT2D eigenvalue weighted by Gasteiger charge is -2.22. The van der Waals surface area contributed by atoms with E-state index in [1.54, 1.807) is 30.1 Å². The second-order valence-corrected chi connectivity index (χ2v) is 6.36. The van der Waals surface area contributed by atoms with Gasteiger partial charge >= 0.3 is 0 Å². The van der Waals surface area contributed by atoms with Crippen LogP contribution in [0.25, 0.3) is 11.4 Å². The number of primary amides is 1. The Morgan fingerprint density at radius 3 is 2.54 bits per heavy atom. The lowest BCUT2D eigenvalue weighted by Crippen LogP contribution is -2.50. The molecule has 144 valence electrons. The molecule has 8 heteroatoms. The van der Waals surface area contributed by atoms with Crippen molar-refractivity contribution in [3.05, 3.63) is 72.1 Å². The number of nitrogens with two attached hydrogens (primary N) is 1. The molecule has 4 N–H and O–H groups in total. The maximum atomic E-state index is 12.9. The predicted molar refractivity (Wildman–Crippen MR) is 103 cm³/mol. The number of pyridine rings is 1. The SMILES string of the molecule is Cn1ncc(C(=O)N[C@@H](Cc2ccccc2)C(O)C(N)=O)c1-c1ccccn1. The van der Waals surface area contributed by atoms with Gasteiger partial charge in [-0.25, -0.2) is 0 Å². The molecule has 2 heterocycles. The van der Waals surface area contributed by atoms with E-state index in [2.05, 4.69) is 15.4 Å². The highest BCUT2D eigenvalue weighted by Crippen LogP contribution is 2.21. The molecule has 2 amide bonds. The Morgan fingerprint density at radius 1 is 1.18 bits per heavy atom. The van der Waals surface area contributed by atoms with Gasteiger partial charge in [-0.2, -0.15) is 5.10 Å². The van der Waals surface area contributed by atoms with Crippen LogP contribution in [0.3, 0.4) is 0 Å². The van der Waals surface area contributed by atoms with Crippen LogP contribution in [-0.2, 0) is 18.3 Å². The number of aromatic nitrogens is 3. The summed E-state index contributed by atoms with van der Waals surface area (Å²) >= 11 is 0. The van der Waals surface area contributed by atoms with Crippen molar-refractivity contribution in [2.75, 3.05) is 0 Å². The molecular weight excluding hydrogens is 358 g/mol. The van der Waals surface area contributed by atoms with E-state index in [1.807, 2.05) is 36.4 Å². The van der Waals surface area contributed by atoms with Gasteiger partial charge in [-0.05, 0) is 24.1 Å². The van der Waals surface area contributed by atoms with Crippen LogP contribution >= 0.6 is 0 Å². The van der Waals surface area contributed by atoms with E-state index >= 15 is 0 Å². The van der Waals surface area contributed by atoms with Crippen molar-refractivity contribution < 1.29 is 14.7 Å². The number of amides is 2. The fourth-order valence-electron chi connectivity index (χ4n) is 2.96. The van der Waals surface area contributed by atoms with Crippen molar-refractivity contribution in [3.8, 4) is 11.4 Å². The molecule has 0 saturated heterocycles. The molecule has 0 spiro atoms. The summed E-state index contributed by atoms with van der Waals surface area (Å²) in [6.45, 7) is 0. The zero-order valence-electron chi connectivity index (χ0n) is 15.3. The number of aryl methyl sites for hydroxylation is 1. The lowest BCUT2D eigenvalue weighted by atomic mass is 10.00. The molecule has 0 saturated carbocycles. The van der Waals surface area contributed by atoms with E-state index in [9.17, 15) is 14.7 Å². The Bertz CT molecular complexity index is 956. The summed E-state index contributed by atoms with van der Waals surface area (Å²) < 4.78 is 1.55. The molecule has 8 nitrogen and oxygen atoms in total. The van der Waals surface area contributed by atoms with Gasteiger partial charge in [0.05, 0.1) is 29.2 Å². The summed E-state index contributed by atoms with van der Waals surface area (Å²) in [6.07, 6.45) is 1.77. The van der Waals surface area contributed by atoms with Crippen molar-refractivity contribution >= 4 is 11.8 Å². The summed E-state index contributed by atoms with van der Waals surface area (Å²) in [5, 5.41) is 17.1. The number of benzene rings is 1. The molecule has 3 aromatic rings. The van der Waals surface area contributed by atoms with Gasteiger partial charge in [0.2, 0.25) is 5.91 Å². The predicted octanol–water partition coefficient (Wildman–Crippen LogP) is 0.669. The van der Waals surface area contributed by atoms with Crippen molar-refractivity contribution in [1.29, 1.82) is 0 Å². The summed E-state index contributed by atoms with van der Waals surface area (Å²) in [5.74, 6) is -1.38. The third-order valence-electron chi connectivity index (χ3n) is 4.38. The highest BCUT2D eigenvalue weighted by atomic mass is 16.3. The average molecular weight is 379 g/mol. The molecule has 1 unspecified atom stereocenters. The molecule has 2 atom stereocenters. The molecular formula is C20H21N5O3. The topological polar surface area (TPSA) is 123 Å². The molecule has 0 aliphatic rings. The zero-order chi connectivity index (χ0) is 20.1. The highest BCUT2D eigenvalue weighted by molar-refractivity contribution is 6.00. The minimum absolute atomic E-state index is 0.246. The number of aliphatic hydroxyl groups excluding tert-OH is 1. The minimum atomic E-state index is -1.53. The number of aliphatic hydroxyl groups is 1. The van der Waals surface area contributed by atoms with Crippen molar-refractivity contribution in [1.82, 2.24) is 20.1 Å². The second kappa shape index (κ2) is 8.45. The van der Waals surface area contributed by atoms with Crippen LogP contribution in [0.4, 0.5) is 0 Å². The standard InChI is InChI=1S/C20H21N5O3/c1-25-17(15-9-5-6-10-22-15)14(12-23-25)20(28)24-16(18(26)19(21)27)11-13-7-3-2-4-8-13/h2-10,12,16,18,26H,11H2,1H3,(H2,21,27)(H,24,28)/t16-,18?/m0/s1. The van der Waals surface area contributed by atoms with Crippen LogP contribution in [0, 0.1) is 0 Å². The first-order valence-electron chi connectivity index (χ1n) is 8.73. The maximum absolute atomic E-state index is 12.9. The Balaban J connectivity index is 1.88. The Labute approximate surface area is 162 Å². The van der Waals surface area contributed by atoms with Crippen LogP contribution in [0.5, 0.6) is 0 Å². The fraction of sp³-hybridized carbons (Fsp3) is 0.200. The first-order valence-corrected chi connectivity index (χ1v) is 8.73. The largest absolute Gasteiger partial charge is 0.381 e. The van der Waals surface area contributed by atoms with Gasteiger partial charge in [-0.3, -0.25) is 19.3 Å². The third-order valence-corrected chi connectivity index (χ3v) is 4.38. The number of rotatable bonds is 7.